The van der Waals surface area contributed by atoms with Crippen molar-refractivity contribution in [3.8, 4) is 17.8 Å². The second kappa shape index (κ2) is 3.70. The second-order valence-electron chi connectivity index (χ2n) is 3.33. The second-order valence-corrected chi connectivity index (χ2v) is 3.33. The van der Waals surface area contributed by atoms with Gasteiger partial charge in [-0.15, -0.1) is 0 Å². The number of imide groups is 1. The molecule has 0 bridgehead atoms. The normalized spacial score (nSPS) is 13.2. The maximum absolute atomic E-state index is 11.6. The molecule has 1 aromatic carbocycles. The summed E-state index contributed by atoms with van der Waals surface area (Å²) in [6, 6.07) is 4.72. The molecule has 4 nitrogen and oxygen atoms in total. The van der Waals surface area contributed by atoms with Crippen molar-refractivity contribution in [1.29, 1.82) is 0 Å². The summed E-state index contributed by atoms with van der Waals surface area (Å²) in [6.45, 7) is 1.65. The van der Waals surface area contributed by atoms with Crippen LogP contribution in [0.2, 0.25) is 0 Å². The molecule has 1 aromatic rings. The van der Waals surface area contributed by atoms with Crippen molar-refractivity contribution in [1.82, 2.24) is 4.90 Å². The fourth-order valence-electron chi connectivity index (χ4n) is 1.51. The van der Waals surface area contributed by atoms with Gasteiger partial charge in [0.1, 0.15) is 11.9 Å². The lowest BCUT2D eigenvalue weighted by atomic mass is 10.1. The number of carbonyl (C=O) groups is 2. The van der Waals surface area contributed by atoms with Gasteiger partial charge >= 0.3 is 0 Å². The van der Waals surface area contributed by atoms with E-state index in [1.807, 2.05) is 0 Å². The van der Waals surface area contributed by atoms with Crippen molar-refractivity contribution in [3.63, 3.8) is 0 Å². The monoisotopic (exact) mass is 215 g/mol. The molecule has 80 valence electrons. The van der Waals surface area contributed by atoms with Crippen LogP contribution in [0.25, 0.3) is 0 Å². The van der Waals surface area contributed by atoms with Gasteiger partial charge in [-0.25, -0.2) is 0 Å². The molecular formula is C12H9NO3. The minimum Gasteiger partial charge on any atom is -0.408 e. The Balaban J connectivity index is 2.44. The molecule has 0 fully saturated rings. The Morgan fingerprint density at radius 2 is 1.88 bits per heavy atom. The molecule has 0 atom stereocenters. The molecule has 1 heterocycles. The van der Waals surface area contributed by atoms with Gasteiger partial charge in [-0.05, 0) is 18.2 Å². The van der Waals surface area contributed by atoms with E-state index in [1.54, 1.807) is 19.1 Å². The van der Waals surface area contributed by atoms with Gasteiger partial charge in [0.2, 0.25) is 0 Å². The fraction of sp³-hybridized carbons (Fsp3) is 0.167. The van der Waals surface area contributed by atoms with Gasteiger partial charge in [0.05, 0.1) is 11.1 Å². The molecular weight excluding hydrogens is 206 g/mol. The molecule has 0 radical (unpaired) electrons. The average molecular weight is 215 g/mol. The van der Waals surface area contributed by atoms with Gasteiger partial charge in [0.15, 0.2) is 0 Å². The van der Waals surface area contributed by atoms with Gasteiger partial charge < -0.3 is 4.74 Å². The molecule has 0 spiro atoms. The number of hydrogen-bond acceptors (Lipinski definition) is 3. The van der Waals surface area contributed by atoms with Gasteiger partial charge in [0.25, 0.3) is 11.8 Å². The van der Waals surface area contributed by atoms with E-state index in [0.717, 1.165) is 4.90 Å². The van der Waals surface area contributed by atoms with E-state index in [-0.39, 0.29) is 11.8 Å². The number of ether oxygens (including phenoxy) is 1. The predicted octanol–water partition coefficient (Wildman–Crippen LogP) is 1.27. The van der Waals surface area contributed by atoms with Crippen LogP contribution in [0.3, 0.4) is 0 Å². The third kappa shape index (κ3) is 1.43. The van der Waals surface area contributed by atoms with E-state index in [0.29, 0.717) is 16.9 Å². The van der Waals surface area contributed by atoms with Crippen LogP contribution in [-0.2, 0) is 0 Å². The molecule has 2 rings (SSSR count). The zero-order chi connectivity index (χ0) is 11.7. The molecule has 0 saturated carbocycles. The van der Waals surface area contributed by atoms with Crippen molar-refractivity contribution in [2.24, 2.45) is 0 Å². The third-order valence-electron chi connectivity index (χ3n) is 2.33. The Hall–Kier alpha value is -2.28. The first-order valence-corrected chi connectivity index (χ1v) is 4.70. The lowest BCUT2D eigenvalue weighted by molar-refractivity contribution is 0.0693. The van der Waals surface area contributed by atoms with Crippen LogP contribution in [-0.4, -0.2) is 23.8 Å². The SMILES string of the molecule is CC#COc1ccc2c(c1)C(=O)N(C)C2=O. The summed E-state index contributed by atoms with van der Waals surface area (Å²) < 4.78 is 5.06. The zero-order valence-corrected chi connectivity index (χ0v) is 8.90. The maximum atomic E-state index is 11.6. The molecule has 4 heteroatoms. The third-order valence-corrected chi connectivity index (χ3v) is 2.33. The standard InChI is InChI=1S/C12H9NO3/c1-3-6-16-8-4-5-9-10(7-8)12(15)13(2)11(9)14/h4-5,7H,1-2H3. The Kier molecular flexibility index (Phi) is 2.37. The van der Waals surface area contributed by atoms with E-state index in [9.17, 15) is 9.59 Å². The highest BCUT2D eigenvalue weighted by Gasteiger charge is 2.32. The summed E-state index contributed by atoms with van der Waals surface area (Å²) in [6.07, 6.45) is 2.43. The van der Waals surface area contributed by atoms with Crippen molar-refractivity contribution in [2.45, 2.75) is 6.92 Å². The van der Waals surface area contributed by atoms with Crippen LogP contribution < -0.4 is 4.74 Å². The Labute approximate surface area is 92.8 Å². The first kappa shape index (κ1) is 10.2. The number of hydrogen-bond donors (Lipinski definition) is 0. The van der Waals surface area contributed by atoms with Crippen molar-refractivity contribution >= 4 is 11.8 Å². The molecule has 16 heavy (non-hydrogen) atoms. The highest BCUT2D eigenvalue weighted by Crippen LogP contribution is 2.25. The van der Waals surface area contributed by atoms with E-state index >= 15 is 0 Å². The number of rotatable bonds is 1. The minimum atomic E-state index is -0.310. The zero-order valence-electron chi connectivity index (χ0n) is 8.90. The quantitative estimate of drug-likeness (QED) is 0.523. The lowest BCUT2D eigenvalue weighted by Crippen LogP contribution is -2.24. The maximum Gasteiger partial charge on any atom is 0.261 e. The van der Waals surface area contributed by atoms with Crippen LogP contribution in [0.1, 0.15) is 27.6 Å². The van der Waals surface area contributed by atoms with Gasteiger partial charge in [-0.2, -0.15) is 0 Å². The Bertz CT molecular complexity index is 537. The summed E-state index contributed by atoms with van der Waals surface area (Å²) in [5, 5.41) is 0. The fourth-order valence-corrected chi connectivity index (χ4v) is 1.51. The lowest BCUT2D eigenvalue weighted by Gasteiger charge is -2.02. The van der Waals surface area contributed by atoms with Crippen molar-refractivity contribution < 1.29 is 14.3 Å². The van der Waals surface area contributed by atoms with Gasteiger partial charge in [-0.3, -0.25) is 14.5 Å². The van der Waals surface area contributed by atoms with Crippen molar-refractivity contribution in [3.05, 3.63) is 29.3 Å². The Morgan fingerprint density at radius 1 is 1.19 bits per heavy atom. The molecule has 2 amide bonds. The smallest absolute Gasteiger partial charge is 0.261 e. The molecule has 0 saturated heterocycles. The van der Waals surface area contributed by atoms with E-state index in [1.165, 1.54) is 13.1 Å². The number of nitrogens with zero attached hydrogens (tertiary/aromatic N) is 1. The average Bonchev–Trinajstić information content (AvgIpc) is 2.52. The van der Waals surface area contributed by atoms with Crippen LogP contribution in [0, 0.1) is 12.0 Å². The summed E-state index contributed by atoms with van der Waals surface area (Å²) in [5.74, 6) is 2.45. The van der Waals surface area contributed by atoms with Crippen molar-refractivity contribution in [2.75, 3.05) is 7.05 Å². The highest BCUT2D eigenvalue weighted by molar-refractivity contribution is 6.21. The minimum absolute atomic E-state index is 0.284. The first-order valence-electron chi connectivity index (χ1n) is 4.70. The number of carbonyl (C=O) groups excluding carboxylic acids is 2. The van der Waals surface area contributed by atoms with Crippen LogP contribution in [0.5, 0.6) is 5.75 Å². The number of benzene rings is 1. The summed E-state index contributed by atoms with van der Waals surface area (Å²) >= 11 is 0. The van der Waals surface area contributed by atoms with Crippen LogP contribution in [0.15, 0.2) is 18.2 Å². The summed E-state index contributed by atoms with van der Waals surface area (Å²) in [7, 11) is 1.46. The van der Waals surface area contributed by atoms with E-state index in [2.05, 4.69) is 12.0 Å². The van der Waals surface area contributed by atoms with Gasteiger partial charge in [-0.1, -0.05) is 5.92 Å². The van der Waals surface area contributed by atoms with Crippen LogP contribution >= 0.6 is 0 Å². The summed E-state index contributed by atoms with van der Waals surface area (Å²) in [5.41, 5.74) is 0.771. The molecule has 1 aliphatic heterocycles. The molecule has 0 aromatic heterocycles. The largest absolute Gasteiger partial charge is 0.408 e. The van der Waals surface area contributed by atoms with Gasteiger partial charge in [0, 0.05) is 14.0 Å². The Morgan fingerprint density at radius 3 is 2.56 bits per heavy atom. The molecule has 1 aliphatic rings. The first-order chi connectivity index (χ1) is 7.65. The van der Waals surface area contributed by atoms with E-state index < -0.39 is 0 Å². The molecule has 0 N–H and O–H groups in total. The topological polar surface area (TPSA) is 46.6 Å². The molecule has 0 unspecified atom stereocenters. The number of amides is 2. The highest BCUT2D eigenvalue weighted by atomic mass is 16.5. The van der Waals surface area contributed by atoms with E-state index in [4.69, 9.17) is 4.74 Å². The predicted molar refractivity (Wildman–Crippen MR) is 56.9 cm³/mol. The van der Waals surface area contributed by atoms with Crippen LogP contribution in [0.4, 0.5) is 0 Å². The summed E-state index contributed by atoms with van der Waals surface area (Å²) in [4.78, 5) is 24.3. The number of fused-ring (bicyclic) bond motifs is 1. The molecule has 0 aliphatic carbocycles.